The first-order valence-electron chi connectivity index (χ1n) is 2.00. The van der Waals surface area contributed by atoms with Crippen LogP contribution in [0.3, 0.4) is 0 Å². The van der Waals surface area contributed by atoms with Gasteiger partial charge in [-0.1, -0.05) is 0 Å². The molecule has 0 aliphatic rings. The Morgan fingerprint density at radius 2 is 0.444 bits per heavy atom. The predicted molar refractivity (Wildman–Crippen MR) is 42.9 cm³/mol. The van der Waals surface area contributed by atoms with E-state index in [2.05, 4.69) is 0 Å². The van der Waals surface area contributed by atoms with Gasteiger partial charge in [-0.15, -0.1) is 0 Å². The van der Waals surface area contributed by atoms with Crippen LogP contribution in [0.15, 0.2) is 0 Å². The van der Waals surface area contributed by atoms with Crippen LogP contribution in [-0.2, 0) is 48.3 Å². The van der Waals surface area contributed by atoms with Crippen molar-refractivity contribution in [2.45, 2.75) is 0 Å². The molecule has 0 heterocycles. The molecule has 0 spiro atoms. The van der Waals surface area contributed by atoms with Crippen molar-refractivity contribution in [2.75, 3.05) is 0 Å². The van der Waals surface area contributed by atoms with Crippen molar-refractivity contribution in [1.82, 2.24) is 0 Å². The molecule has 18 heavy (non-hydrogen) atoms. The second-order valence-electron chi connectivity index (χ2n) is 1.22. The van der Waals surface area contributed by atoms with Gasteiger partial charge in [0.25, 0.3) is 0 Å². The molecular weight excluding hydrogens is 758 g/mol. The van der Waals surface area contributed by atoms with Crippen molar-refractivity contribution in [2.24, 2.45) is 0 Å². The van der Waals surface area contributed by atoms with Gasteiger partial charge in [-0.05, 0) is 0 Å². The fourth-order valence-electron chi connectivity index (χ4n) is 0. The third-order valence-electron chi connectivity index (χ3n) is 0. The molecule has 0 unspecified atom stereocenters. The van der Waals surface area contributed by atoms with Gasteiger partial charge < -0.3 is 27.3 Å². The molecule has 4 radical (unpaired) electrons. The van der Waals surface area contributed by atoms with Crippen molar-refractivity contribution in [3.05, 3.63) is 0 Å². The Balaban J connectivity index is -0.0000000277. The Morgan fingerprint density at radius 1 is 0.444 bits per heavy atom. The van der Waals surface area contributed by atoms with E-state index >= 15 is 0 Å². The molecule has 0 aromatic carbocycles. The summed E-state index contributed by atoms with van der Waals surface area (Å²) in [6, 6.07) is 0. The van der Waals surface area contributed by atoms with Crippen molar-refractivity contribution in [3.8, 4) is 0 Å². The summed E-state index contributed by atoms with van der Waals surface area (Å²) in [5, 5.41) is 0. The molecule has 0 saturated carbocycles. The van der Waals surface area contributed by atoms with Crippen LogP contribution in [0, 0.1) is 0 Å². The largest absolute Gasteiger partial charge is 2.00 e. The van der Waals surface area contributed by atoms with Crippen LogP contribution in [0.2, 0.25) is 0 Å². The van der Waals surface area contributed by atoms with Crippen LogP contribution in [0.4, 0.5) is 0 Å². The second-order valence-corrected chi connectivity index (χ2v) is 3.67. The van der Waals surface area contributed by atoms with Gasteiger partial charge in [-0.25, -0.2) is 0 Å². The molecule has 0 aliphatic heterocycles. The molecule has 0 fully saturated rings. The van der Waals surface area contributed by atoms with Gasteiger partial charge in [0.15, 0.2) is 0 Å². The average molecular weight is 758 g/mol. The van der Waals surface area contributed by atoms with Crippen LogP contribution < -0.4 is 0 Å². The number of hydrogen-bond donors (Lipinski definition) is 0. The molecule has 0 aromatic rings. The summed E-state index contributed by atoms with van der Waals surface area (Å²) in [6.45, 7) is 0. The minimum Gasteiger partial charge on any atom is -0.759 e. The first kappa shape index (κ1) is 36.8. The van der Waals surface area contributed by atoms with Gasteiger partial charge in [0, 0.05) is 31.2 Å². The molecule has 0 rings (SSSR count). The predicted octanol–water partition coefficient (Wildman–Crippen LogP) is -4.78. The minimum atomic E-state index is -5.17. The zero-order chi connectivity index (χ0) is 13.5. The zero-order valence-electron chi connectivity index (χ0n) is 7.48. The van der Waals surface area contributed by atoms with E-state index in [9.17, 15) is 0 Å². The molecule has 0 amide bonds. The van der Waals surface area contributed by atoms with Crippen LogP contribution in [0.1, 0.15) is 0 Å². The maximum atomic E-state index is 8.52. The van der Waals surface area contributed by atoms with Crippen LogP contribution in [0.25, 0.3) is 0 Å². The quantitative estimate of drug-likeness (QED) is 0.129. The standard InChI is InChI=1S/Fe.3H2O4S.2Pb/c;3*1-5(2,3)4;;/h;3*(H2,1,2,3,4);;/q+2;;;;2*+2/p-6. The van der Waals surface area contributed by atoms with E-state index in [1.807, 2.05) is 0 Å². The van der Waals surface area contributed by atoms with Gasteiger partial charge in [0.2, 0.25) is 0 Å². The third kappa shape index (κ3) is 1330. The summed E-state index contributed by atoms with van der Waals surface area (Å²) in [5.41, 5.74) is 0. The Labute approximate surface area is 153 Å². The Kier molecular flexibility index (Phi) is 31.4. The molecule has 0 atom stereocenters. The summed E-state index contributed by atoms with van der Waals surface area (Å²) in [7, 11) is -15.5. The molecule has 106 valence electrons. The van der Waals surface area contributed by atoms with E-state index in [-0.39, 0.29) is 71.7 Å². The smallest absolute Gasteiger partial charge is 0.759 e. The molecule has 18 heteroatoms. The van der Waals surface area contributed by atoms with Gasteiger partial charge in [-0.3, -0.25) is 25.3 Å². The van der Waals surface area contributed by atoms with E-state index in [4.69, 9.17) is 52.6 Å². The van der Waals surface area contributed by atoms with E-state index in [0.29, 0.717) is 0 Å². The first-order valence-corrected chi connectivity index (χ1v) is 6.00. The summed E-state index contributed by atoms with van der Waals surface area (Å²) < 4.78 is 102. The van der Waals surface area contributed by atoms with Gasteiger partial charge in [0.05, 0.1) is 0 Å². The summed E-state index contributed by atoms with van der Waals surface area (Å²) in [4.78, 5) is 0. The van der Waals surface area contributed by atoms with Crippen molar-refractivity contribution in [1.29, 1.82) is 0 Å². The molecule has 0 bridgehead atoms. The maximum absolute atomic E-state index is 8.52. The topological polar surface area (TPSA) is 241 Å². The second kappa shape index (κ2) is 15.4. The van der Waals surface area contributed by atoms with Gasteiger partial charge in [-0.2, -0.15) is 0 Å². The van der Waals surface area contributed by atoms with Crippen LogP contribution in [0.5, 0.6) is 0 Å². The zero-order valence-corrected chi connectivity index (χ0v) is 18.8. The number of rotatable bonds is 0. The Bertz CT molecular complexity index is 346. The average Bonchev–Trinajstić information content (AvgIpc) is 1.41. The van der Waals surface area contributed by atoms with Crippen molar-refractivity contribution >= 4 is 85.8 Å². The SMILES string of the molecule is O=S(=O)([O-])[O-].O=S(=O)([O-])[O-].O=S(=O)([O-])[O-].[Fe+2].[Pb+2].[Pb+2]. The van der Waals surface area contributed by atoms with Gasteiger partial charge >= 0.3 is 71.7 Å². The van der Waals surface area contributed by atoms with E-state index in [1.165, 1.54) is 0 Å². The summed E-state index contributed by atoms with van der Waals surface area (Å²) >= 11 is 0. The van der Waals surface area contributed by atoms with E-state index in [0.717, 1.165) is 0 Å². The van der Waals surface area contributed by atoms with Crippen LogP contribution in [-0.4, -0.2) is 107 Å². The number of hydrogen-bond acceptors (Lipinski definition) is 12. The van der Waals surface area contributed by atoms with E-state index in [1.54, 1.807) is 0 Å². The van der Waals surface area contributed by atoms with Gasteiger partial charge in [0.1, 0.15) is 0 Å². The monoisotopic (exact) mass is 760 g/mol. The van der Waals surface area contributed by atoms with Crippen molar-refractivity contribution < 1.29 is 69.6 Å². The summed E-state index contributed by atoms with van der Waals surface area (Å²) in [6.07, 6.45) is 0. The molecular formula is FeO12Pb2S3. The minimum absolute atomic E-state index is 0. The van der Waals surface area contributed by atoms with E-state index < -0.39 is 31.2 Å². The third-order valence-corrected chi connectivity index (χ3v) is 0. The fourth-order valence-corrected chi connectivity index (χ4v) is 0. The Morgan fingerprint density at radius 3 is 0.444 bits per heavy atom. The Hall–Kier alpha value is 1.97. The first-order chi connectivity index (χ1) is 6.00. The maximum Gasteiger partial charge on any atom is 2.00 e. The molecule has 0 N–H and O–H groups in total. The normalized spacial score (nSPS) is 9.67. The molecule has 0 saturated heterocycles. The summed E-state index contributed by atoms with van der Waals surface area (Å²) in [5.74, 6) is 0. The fraction of sp³-hybridized carbons (Fsp3) is 0. The molecule has 0 aliphatic carbocycles. The molecule has 0 aromatic heterocycles. The molecule has 12 nitrogen and oxygen atoms in total. The van der Waals surface area contributed by atoms with Crippen molar-refractivity contribution in [3.63, 3.8) is 0 Å². The van der Waals surface area contributed by atoms with Crippen LogP contribution >= 0.6 is 0 Å².